The summed E-state index contributed by atoms with van der Waals surface area (Å²) in [6.45, 7) is 3.67. The third-order valence-corrected chi connectivity index (χ3v) is 5.57. The maximum Gasteiger partial charge on any atom is 0.407 e. The van der Waals surface area contributed by atoms with E-state index in [0.717, 1.165) is 22.3 Å². The summed E-state index contributed by atoms with van der Waals surface area (Å²) in [5.41, 5.74) is 4.60. The second kappa shape index (κ2) is 10.8. The summed E-state index contributed by atoms with van der Waals surface area (Å²) in [6, 6.07) is 15.3. The Hall–Kier alpha value is -3.39. The highest BCUT2D eigenvalue weighted by Gasteiger charge is 2.29. The first kappa shape index (κ1) is 23.3. The molecule has 1 atom stereocenters. The van der Waals surface area contributed by atoms with Crippen LogP contribution in [0.3, 0.4) is 0 Å². The van der Waals surface area contributed by atoms with Crippen LogP contribution in [0.25, 0.3) is 11.1 Å². The molecular formula is C24H28N2O6. The monoisotopic (exact) mass is 440 g/mol. The van der Waals surface area contributed by atoms with Gasteiger partial charge in [-0.2, -0.15) is 0 Å². The van der Waals surface area contributed by atoms with Gasteiger partial charge in [-0.05, 0) is 36.1 Å². The molecule has 2 aromatic carbocycles. The predicted molar refractivity (Wildman–Crippen MR) is 118 cm³/mol. The lowest BCUT2D eigenvalue weighted by molar-refractivity contribution is -0.151. The highest BCUT2D eigenvalue weighted by Crippen LogP contribution is 2.44. The van der Waals surface area contributed by atoms with E-state index in [4.69, 9.17) is 14.6 Å². The quantitative estimate of drug-likeness (QED) is 0.551. The van der Waals surface area contributed by atoms with Crippen molar-refractivity contribution in [2.45, 2.75) is 25.8 Å². The number of carboxylic acids is 1. The minimum atomic E-state index is -1.07. The fraction of sp³-hybridized carbons (Fsp3) is 0.375. The zero-order chi connectivity index (χ0) is 23.1. The van der Waals surface area contributed by atoms with Gasteiger partial charge in [-0.1, -0.05) is 48.5 Å². The van der Waals surface area contributed by atoms with Crippen LogP contribution in [-0.4, -0.2) is 66.9 Å². The Balaban J connectivity index is 1.41. The molecule has 0 aliphatic heterocycles. The predicted octanol–water partition coefficient (Wildman–Crippen LogP) is 2.86. The highest BCUT2D eigenvalue weighted by molar-refractivity contribution is 5.84. The van der Waals surface area contributed by atoms with Gasteiger partial charge in [0.1, 0.15) is 19.3 Å². The molecule has 0 heterocycles. The van der Waals surface area contributed by atoms with Crippen molar-refractivity contribution in [3.05, 3.63) is 59.7 Å². The van der Waals surface area contributed by atoms with Crippen molar-refractivity contribution < 1.29 is 29.0 Å². The molecule has 0 aromatic heterocycles. The van der Waals surface area contributed by atoms with E-state index in [9.17, 15) is 14.4 Å². The zero-order valence-corrected chi connectivity index (χ0v) is 18.2. The van der Waals surface area contributed by atoms with E-state index in [1.54, 1.807) is 6.92 Å². The molecule has 1 unspecified atom stereocenters. The molecule has 0 saturated heterocycles. The molecule has 170 valence electrons. The summed E-state index contributed by atoms with van der Waals surface area (Å²) < 4.78 is 10.7. The highest BCUT2D eigenvalue weighted by atomic mass is 16.5. The molecule has 0 saturated carbocycles. The molecule has 8 nitrogen and oxygen atoms in total. The van der Waals surface area contributed by atoms with Crippen molar-refractivity contribution in [3.8, 4) is 11.1 Å². The van der Waals surface area contributed by atoms with Gasteiger partial charge < -0.3 is 24.8 Å². The average molecular weight is 440 g/mol. The summed E-state index contributed by atoms with van der Waals surface area (Å²) in [5, 5.41) is 11.7. The minimum Gasteiger partial charge on any atom is -0.480 e. The van der Waals surface area contributed by atoms with Crippen LogP contribution in [0.5, 0.6) is 0 Å². The van der Waals surface area contributed by atoms with Crippen LogP contribution in [0.15, 0.2) is 48.5 Å². The van der Waals surface area contributed by atoms with Gasteiger partial charge >= 0.3 is 12.1 Å². The standard InChI is InChI=1S/C24H28N2O6/c1-3-26(16(2)23(28)29)22(27)15-31-13-12-25-24(30)32-14-21-19-10-6-4-8-17(19)18-9-5-7-11-20(18)21/h4-11,16,21H,3,12-15H2,1-2H3,(H,25,30)(H,28,29). The van der Waals surface area contributed by atoms with Crippen LogP contribution >= 0.6 is 0 Å². The number of carboxylic acid groups (broad SMARTS) is 1. The largest absolute Gasteiger partial charge is 0.480 e. The molecule has 1 aliphatic carbocycles. The number of ether oxygens (including phenoxy) is 2. The van der Waals surface area contributed by atoms with Gasteiger partial charge in [0.2, 0.25) is 5.91 Å². The summed E-state index contributed by atoms with van der Waals surface area (Å²) in [4.78, 5) is 36.5. The molecular weight excluding hydrogens is 412 g/mol. The number of fused-ring (bicyclic) bond motifs is 3. The molecule has 0 bridgehead atoms. The van der Waals surface area contributed by atoms with E-state index in [1.807, 2.05) is 24.3 Å². The minimum absolute atomic E-state index is 0.0155. The molecule has 2 aromatic rings. The van der Waals surface area contributed by atoms with E-state index < -0.39 is 24.0 Å². The van der Waals surface area contributed by atoms with Crippen LogP contribution in [0.2, 0.25) is 0 Å². The Morgan fingerprint density at radius 1 is 1.06 bits per heavy atom. The van der Waals surface area contributed by atoms with E-state index in [0.29, 0.717) is 0 Å². The van der Waals surface area contributed by atoms with Crippen molar-refractivity contribution in [1.29, 1.82) is 0 Å². The number of carbonyl (C=O) groups excluding carboxylic acids is 2. The van der Waals surface area contributed by atoms with Crippen molar-refractivity contribution in [1.82, 2.24) is 10.2 Å². The number of likely N-dealkylation sites (N-methyl/N-ethyl adjacent to an activating group) is 1. The number of amides is 2. The second-order valence-corrected chi connectivity index (χ2v) is 7.50. The van der Waals surface area contributed by atoms with Gasteiger partial charge in [-0.3, -0.25) is 4.79 Å². The Bertz CT molecular complexity index is 931. The maximum absolute atomic E-state index is 12.1. The van der Waals surface area contributed by atoms with E-state index in [1.165, 1.54) is 11.8 Å². The topological polar surface area (TPSA) is 105 Å². The number of rotatable bonds is 10. The fourth-order valence-electron chi connectivity index (χ4n) is 3.92. The van der Waals surface area contributed by atoms with Gasteiger partial charge in [0.25, 0.3) is 0 Å². The Morgan fingerprint density at radius 2 is 1.66 bits per heavy atom. The van der Waals surface area contributed by atoms with Gasteiger partial charge in [0, 0.05) is 19.0 Å². The number of nitrogens with one attached hydrogen (secondary N) is 1. The molecule has 1 aliphatic rings. The third kappa shape index (κ3) is 5.26. The number of hydrogen-bond acceptors (Lipinski definition) is 5. The lowest BCUT2D eigenvalue weighted by atomic mass is 9.98. The Kier molecular flexibility index (Phi) is 7.83. The van der Waals surface area contributed by atoms with Crippen molar-refractivity contribution in [3.63, 3.8) is 0 Å². The first-order valence-electron chi connectivity index (χ1n) is 10.6. The van der Waals surface area contributed by atoms with Crippen LogP contribution in [0.4, 0.5) is 4.79 Å². The van der Waals surface area contributed by atoms with Gasteiger partial charge in [-0.15, -0.1) is 0 Å². The number of hydrogen-bond donors (Lipinski definition) is 2. The van der Waals surface area contributed by atoms with Crippen molar-refractivity contribution >= 4 is 18.0 Å². The Labute approximate surface area is 187 Å². The average Bonchev–Trinajstić information content (AvgIpc) is 3.11. The summed E-state index contributed by atoms with van der Waals surface area (Å²) in [5.74, 6) is -1.50. The molecule has 2 amide bonds. The van der Waals surface area contributed by atoms with Crippen LogP contribution < -0.4 is 5.32 Å². The first-order chi connectivity index (χ1) is 15.4. The van der Waals surface area contributed by atoms with Crippen molar-refractivity contribution in [2.75, 3.05) is 32.9 Å². The summed E-state index contributed by atoms with van der Waals surface area (Å²) >= 11 is 0. The van der Waals surface area contributed by atoms with Crippen LogP contribution in [-0.2, 0) is 19.1 Å². The normalized spacial score (nSPS) is 13.1. The van der Waals surface area contributed by atoms with E-state index >= 15 is 0 Å². The number of alkyl carbamates (subject to hydrolysis) is 1. The molecule has 8 heteroatoms. The van der Waals surface area contributed by atoms with Gasteiger partial charge in [0.15, 0.2) is 0 Å². The molecule has 2 N–H and O–H groups in total. The SMILES string of the molecule is CCN(C(=O)COCCNC(=O)OCC1c2ccccc2-c2ccccc21)C(C)C(=O)O. The third-order valence-electron chi connectivity index (χ3n) is 5.57. The molecule has 0 radical (unpaired) electrons. The number of benzene rings is 2. The lowest BCUT2D eigenvalue weighted by Crippen LogP contribution is -2.45. The fourth-order valence-corrected chi connectivity index (χ4v) is 3.92. The zero-order valence-electron chi connectivity index (χ0n) is 18.2. The van der Waals surface area contributed by atoms with E-state index in [-0.39, 0.29) is 38.8 Å². The lowest BCUT2D eigenvalue weighted by Gasteiger charge is -2.24. The molecule has 0 fully saturated rings. The Morgan fingerprint density at radius 3 is 2.22 bits per heavy atom. The van der Waals surface area contributed by atoms with Crippen LogP contribution in [0, 0.1) is 0 Å². The number of aliphatic carboxylic acids is 1. The van der Waals surface area contributed by atoms with Crippen LogP contribution in [0.1, 0.15) is 30.9 Å². The summed E-state index contributed by atoms with van der Waals surface area (Å²) in [7, 11) is 0. The number of carbonyl (C=O) groups is 3. The smallest absolute Gasteiger partial charge is 0.407 e. The van der Waals surface area contributed by atoms with Crippen molar-refractivity contribution in [2.24, 2.45) is 0 Å². The molecule has 32 heavy (non-hydrogen) atoms. The summed E-state index contributed by atoms with van der Waals surface area (Å²) in [6.07, 6.45) is -0.559. The molecule has 0 spiro atoms. The van der Waals surface area contributed by atoms with Gasteiger partial charge in [-0.25, -0.2) is 9.59 Å². The maximum atomic E-state index is 12.1. The second-order valence-electron chi connectivity index (χ2n) is 7.50. The number of nitrogens with zero attached hydrogens (tertiary/aromatic N) is 1. The van der Waals surface area contributed by atoms with E-state index in [2.05, 4.69) is 29.6 Å². The molecule has 3 rings (SSSR count). The first-order valence-corrected chi connectivity index (χ1v) is 10.6. The van der Waals surface area contributed by atoms with Gasteiger partial charge in [0.05, 0.1) is 6.61 Å².